The summed E-state index contributed by atoms with van der Waals surface area (Å²) in [5.74, 6) is -0.207. The molecule has 1 N–H and O–H groups in total. The molecule has 150 valence electrons. The van der Waals surface area contributed by atoms with E-state index in [0.29, 0.717) is 11.3 Å². The molecule has 0 radical (unpaired) electrons. The molecule has 5 nitrogen and oxygen atoms in total. The summed E-state index contributed by atoms with van der Waals surface area (Å²) in [6.07, 6.45) is 0. The molecular formula is C23H24N2O3S. The van der Waals surface area contributed by atoms with E-state index in [1.54, 1.807) is 61.5 Å². The van der Waals surface area contributed by atoms with Gasteiger partial charge in [-0.05, 0) is 55.8 Å². The van der Waals surface area contributed by atoms with Crippen LogP contribution in [0.4, 0.5) is 5.69 Å². The highest BCUT2D eigenvalue weighted by molar-refractivity contribution is 7.92. The SMILES string of the molecule is CCN(c1ccc(C(=O)N[C@@H](C)c2ccccc2)cc1)S(=O)(=O)c1ccccc1. The molecule has 6 heteroatoms. The minimum Gasteiger partial charge on any atom is -0.346 e. The average molecular weight is 409 g/mol. The Morgan fingerprint density at radius 2 is 1.45 bits per heavy atom. The van der Waals surface area contributed by atoms with Crippen LogP contribution < -0.4 is 9.62 Å². The van der Waals surface area contributed by atoms with Gasteiger partial charge in [0.25, 0.3) is 15.9 Å². The highest BCUT2D eigenvalue weighted by atomic mass is 32.2. The number of hydrogen-bond donors (Lipinski definition) is 1. The number of carbonyl (C=O) groups excluding carboxylic acids is 1. The van der Waals surface area contributed by atoms with E-state index in [4.69, 9.17) is 0 Å². The summed E-state index contributed by atoms with van der Waals surface area (Å²) in [6, 6.07) is 24.5. The van der Waals surface area contributed by atoms with Crippen LogP contribution in [-0.2, 0) is 10.0 Å². The smallest absolute Gasteiger partial charge is 0.264 e. The van der Waals surface area contributed by atoms with E-state index in [-0.39, 0.29) is 23.4 Å². The molecule has 0 aliphatic heterocycles. The fourth-order valence-corrected chi connectivity index (χ4v) is 4.59. The van der Waals surface area contributed by atoms with Gasteiger partial charge in [0.05, 0.1) is 16.6 Å². The van der Waals surface area contributed by atoms with Gasteiger partial charge in [-0.3, -0.25) is 9.10 Å². The topological polar surface area (TPSA) is 66.5 Å². The molecule has 0 aliphatic rings. The molecule has 29 heavy (non-hydrogen) atoms. The van der Waals surface area contributed by atoms with Crippen LogP contribution in [0.5, 0.6) is 0 Å². The number of nitrogens with one attached hydrogen (secondary N) is 1. The van der Waals surface area contributed by atoms with Crippen LogP contribution in [0.15, 0.2) is 89.8 Å². The second kappa shape index (κ2) is 8.92. The molecule has 0 saturated heterocycles. The second-order valence-electron chi connectivity index (χ2n) is 6.64. The Morgan fingerprint density at radius 1 is 0.897 bits per heavy atom. The molecule has 0 fully saturated rings. The van der Waals surface area contributed by atoms with Gasteiger partial charge in [-0.25, -0.2) is 8.42 Å². The number of amides is 1. The highest BCUT2D eigenvalue weighted by Gasteiger charge is 2.23. The average Bonchev–Trinajstić information content (AvgIpc) is 2.75. The summed E-state index contributed by atoms with van der Waals surface area (Å²) < 4.78 is 27.2. The van der Waals surface area contributed by atoms with E-state index in [0.717, 1.165) is 5.56 Å². The summed E-state index contributed by atoms with van der Waals surface area (Å²) >= 11 is 0. The molecule has 0 spiro atoms. The van der Waals surface area contributed by atoms with Crippen molar-refractivity contribution in [1.82, 2.24) is 5.32 Å². The first kappa shape index (κ1) is 20.6. The molecule has 3 aromatic rings. The molecule has 0 heterocycles. The Morgan fingerprint density at radius 3 is 2.00 bits per heavy atom. The van der Waals surface area contributed by atoms with Gasteiger partial charge in [-0.2, -0.15) is 0 Å². The maximum Gasteiger partial charge on any atom is 0.264 e. The first-order valence-corrected chi connectivity index (χ1v) is 10.9. The van der Waals surface area contributed by atoms with Crippen molar-refractivity contribution in [2.24, 2.45) is 0 Å². The lowest BCUT2D eigenvalue weighted by Crippen LogP contribution is -2.31. The van der Waals surface area contributed by atoms with Gasteiger partial charge in [-0.1, -0.05) is 48.5 Å². The molecule has 0 bridgehead atoms. The van der Waals surface area contributed by atoms with Gasteiger partial charge in [0.15, 0.2) is 0 Å². The van der Waals surface area contributed by atoms with Crippen molar-refractivity contribution in [2.45, 2.75) is 24.8 Å². The van der Waals surface area contributed by atoms with Crippen molar-refractivity contribution < 1.29 is 13.2 Å². The molecule has 0 unspecified atom stereocenters. The minimum absolute atomic E-state index is 0.131. The zero-order chi connectivity index (χ0) is 20.9. The fraction of sp³-hybridized carbons (Fsp3) is 0.174. The van der Waals surface area contributed by atoms with E-state index in [9.17, 15) is 13.2 Å². The van der Waals surface area contributed by atoms with E-state index >= 15 is 0 Å². The molecule has 3 aromatic carbocycles. The Hall–Kier alpha value is -3.12. The number of sulfonamides is 1. The van der Waals surface area contributed by atoms with Crippen molar-refractivity contribution in [3.63, 3.8) is 0 Å². The summed E-state index contributed by atoms with van der Waals surface area (Å²) in [5, 5.41) is 2.96. The van der Waals surface area contributed by atoms with Gasteiger partial charge >= 0.3 is 0 Å². The first-order valence-electron chi connectivity index (χ1n) is 9.47. The normalized spacial score (nSPS) is 12.2. The molecule has 1 amide bonds. The maximum absolute atomic E-state index is 12.9. The lowest BCUT2D eigenvalue weighted by atomic mass is 10.1. The van der Waals surface area contributed by atoms with E-state index in [1.807, 2.05) is 37.3 Å². The molecule has 0 aliphatic carbocycles. The molecule has 1 atom stereocenters. The van der Waals surface area contributed by atoms with E-state index in [2.05, 4.69) is 5.32 Å². The largest absolute Gasteiger partial charge is 0.346 e. The summed E-state index contributed by atoms with van der Waals surface area (Å²) in [4.78, 5) is 12.8. The molecule has 0 aromatic heterocycles. The quantitative estimate of drug-likeness (QED) is 0.630. The van der Waals surface area contributed by atoms with Crippen molar-refractivity contribution >= 4 is 21.6 Å². The van der Waals surface area contributed by atoms with E-state index < -0.39 is 10.0 Å². The van der Waals surface area contributed by atoms with Crippen molar-refractivity contribution in [3.8, 4) is 0 Å². The van der Waals surface area contributed by atoms with Crippen LogP contribution >= 0.6 is 0 Å². The zero-order valence-corrected chi connectivity index (χ0v) is 17.3. The van der Waals surface area contributed by atoms with Crippen LogP contribution in [0.2, 0.25) is 0 Å². The number of carbonyl (C=O) groups is 1. The van der Waals surface area contributed by atoms with Gasteiger partial charge in [0.2, 0.25) is 0 Å². The lowest BCUT2D eigenvalue weighted by Gasteiger charge is -2.23. The molecule has 3 rings (SSSR count). The first-order chi connectivity index (χ1) is 13.9. The number of hydrogen-bond acceptors (Lipinski definition) is 3. The van der Waals surface area contributed by atoms with Gasteiger partial charge < -0.3 is 5.32 Å². The van der Waals surface area contributed by atoms with E-state index in [1.165, 1.54) is 4.31 Å². The summed E-state index contributed by atoms with van der Waals surface area (Å²) in [6.45, 7) is 3.99. The Labute approximate surface area is 172 Å². The third-order valence-corrected chi connectivity index (χ3v) is 6.60. The second-order valence-corrected chi connectivity index (χ2v) is 8.50. The maximum atomic E-state index is 12.9. The highest BCUT2D eigenvalue weighted by Crippen LogP contribution is 2.24. The third kappa shape index (κ3) is 4.66. The zero-order valence-electron chi connectivity index (χ0n) is 16.4. The summed E-state index contributed by atoms with van der Waals surface area (Å²) in [7, 11) is -3.66. The lowest BCUT2D eigenvalue weighted by molar-refractivity contribution is 0.0940. The van der Waals surface area contributed by atoms with Crippen molar-refractivity contribution in [3.05, 3.63) is 96.1 Å². The number of benzene rings is 3. The van der Waals surface area contributed by atoms with Crippen molar-refractivity contribution in [1.29, 1.82) is 0 Å². The van der Waals surface area contributed by atoms with Crippen molar-refractivity contribution in [2.75, 3.05) is 10.8 Å². The number of rotatable bonds is 7. The van der Waals surface area contributed by atoms with Crippen LogP contribution in [0, 0.1) is 0 Å². The predicted molar refractivity (Wildman–Crippen MR) is 115 cm³/mol. The predicted octanol–water partition coefficient (Wildman–Crippen LogP) is 4.39. The van der Waals surface area contributed by atoms with Crippen LogP contribution in [0.3, 0.4) is 0 Å². The van der Waals surface area contributed by atoms with Crippen LogP contribution in [0.25, 0.3) is 0 Å². The number of nitrogens with zero attached hydrogens (tertiary/aromatic N) is 1. The van der Waals surface area contributed by atoms with Gasteiger partial charge in [0.1, 0.15) is 0 Å². The number of anilines is 1. The van der Waals surface area contributed by atoms with Crippen LogP contribution in [0.1, 0.15) is 35.8 Å². The Balaban J connectivity index is 1.77. The summed E-state index contributed by atoms with van der Waals surface area (Å²) in [5.41, 5.74) is 2.01. The van der Waals surface area contributed by atoms with Gasteiger partial charge in [-0.15, -0.1) is 0 Å². The third-order valence-electron chi connectivity index (χ3n) is 4.68. The Kier molecular flexibility index (Phi) is 6.34. The minimum atomic E-state index is -3.66. The monoisotopic (exact) mass is 408 g/mol. The Bertz CT molecular complexity index is 1050. The fourth-order valence-electron chi connectivity index (χ4n) is 3.10. The van der Waals surface area contributed by atoms with Gasteiger partial charge in [0, 0.05) is 12.1 Å². The standard InChI is InChI=1S/C23H24N2O3S/c1-3-25(29(27,28)22-12-8-5-9-13-22)21-16-14-20(15-17-21)23(26)24-18(2)19-10-6-4-7-11-19/h4-18H,3H2,1-2H3,(H,24,26)/t18-/m0/s1. The van der Waals surface area contributed by atoms with Crippen LogP contribution in [-0.4, -0.2) is 20.9 Å². The molecular weight excluding hydrogens is 384 g/mol. The molecule has 0 saturated carbocycles.